The van der Waals surface area contributed by atoms with Gasteiger partial charge in [0.2, 0.25) is 5.91 Å². The van der Waals surface area contributed by atoms with Gasteiger partial charge in [0.25, 0.3) is 0 Å². The Bertz CT molecular complexity index is 561. The molecule has 2 N–H and O–H groups in total. The number of ether oxygens (including phenoxy) is 1. The Morgan fingerprint density at radius 2 is 2.00 bits per heavy atom. The predicted octanol–water partition coefficient (Wildman–Crippen LogP) is 2.45. The third-order valence-corrected chi connectivity index (χ3v) is 4.76. The first-order valence-electron chi connectivity index (χ1n) is 7.53. The number of carboxylic acids is 1. The van der Waals surface area contributed by atoms with Crippen LogP contribution in [0.4, 0.5) is 4.39 Å². The normalized spacial score (nSPS) is 16.6. The number of hydrogen-bond acceptors (Lipinski definition) is 4. The van der Waals surface area contributed by atoms with E-state index in [-0.39, 0.29) is 24.7 Å². The maximum atomic E-state index is 13.4. The molecule has 7 heteroatoms. The minimum Gasteiger partial charge on any atom is -0.491 e. The molecule has 1 aromatic carbocycles. The average Bonchev–Trinajstić information content (AvgIpc) is 2.54. The lowest BCUT2D eigenvalue weighted by Gasteiger charge is -2.33. The number of hydrogen-bond donors (Lipinski definition) is 2. The molecule has 1 aliphatic rings. The summed E-state index contributed by atoms with van der Waals surface area (Å²) in [4.78, 5) is 23.5. The second-order valence-electron chi connectivity index (χ2n) is 5.43. The molecule has 126 valence electrons. The van der Waals surface area contributed by atoms with Crippen molar-refractivity contribution in [2.45, 2.75) is 31.2 Å². The van der Waals surface area contributed by atoms with Crippen molar-refractivity contribution in [1.29, 1.82) is 0 Å². The topological polar surface area (TPSA) is 75.6 Å². The Morgan fingerprint density at radius 1 is 1.30 bits per heavy atom. The standard InChI is InChI=1S/C16H20FNO4S/c17-12-4-1-2-5-13(12)22-9-3-6-14(19)18-16(15(20)21)7-10-23-11-8-16/h1-2,4-5H,3,6-11H2,(H,18,19)(H,20,21). The van der Waals surface area contributed by atoms with Crippen LogP contribution in [-0.2, 0) is 9.59 Å². The molecule has 5 nitrogen and oxygen atoms in total. The molecule has 1 fully saturated rings. The van der Waals surface area contributed by atoms with E-state index in [1.165, 1.54) is 12.1 Å². The molecular weight excluding hydrogens is 321 g/mol. The first-order chi connectivity index (χ1) is 11.0. The van der Waals surface area contributed by atoms with Gasteiger partial charge in [0.1, 0.15) is 5.54 Å². The molecule has 2 rings (SSSR count). The number of nitrogens with one attached hydrogen (secondary N) is 1. The number of carboxylic acid groups (broad SMARTS) is 1. The molecule has 1 aromatic rings. The van der Waals surface area contributed by atoms with E-state index in [0.29, 0.717) is 19.3 Å². The first-order valence-corrected chi connectivity index (χ1v) is 8.68. The Morgan fingerprint density at radius 3 is 2.65 bits per heavy atom. The van der Waals surface area contributed by atoms with Gasteiger partial charge in [0.05, 0.1) is 6.61 Å². The number of benzene rings is 1. The van der Waals surface area contributed by atoms with Gasteiger partial charge < -0.3 is 15.2 Å². The van der Waals surface area contributed by atoms with Crippen molar-refractivity contribution in [2.24, 2.45) is 0 Å². The first kappa shape index (κ1) is 17.6. The van der Waals surface area contributed by atoms with Gasteiger partial charge >= 0.3 is 5.97 Å². The number of halogens is 1. The van der Waals surface area contributed by atoms with Crippen LogP contribution in [0.15, 0.2) is 24.3 Å². The Labute approximate surface area is 138 Å². The molecule has 0 saturated carbocycles. The smallest absolute Gasteiger partial charge is 0.329 e. The zero-order valence-electron chi connectivity index (χ0n) is 12.7. The van der Waals surface area contributed by atoms with E-state index in [1.807, 2.05) is 0 Å². The Kier molecular flexibility index (Phi) is 6.27. The maximum absolute atomic E-state index is 13.4. The van der Waals surface area contributed by atoms with E-state index in [0.717, 1.165) is 11.5 Å². The van der Waals surface area contributed by atoms with Crippen LogP contribution in [-0.4, -0.2) is 40.6 Å². The van der Waals surface area contributed by atoms with Crippen molar-refractivity contribution in [3.05, 3.63) is 30.1 Å². The number of carbonyl (C=O) groups is 2. The molecule has 0 unspecified atom stereocenters. The molecule has 1 amide bonds. The predicted molar refractivity (Wildman–Crippen MR) is 86.2 cm³/mol. The molecule has 0 aliphatic carbocycles. The zero-order chi connectivity index (χ0) is 16.7. The number of amides is 1. The highest BCUT2D eigenvalue weighted by atomic mass is 32.2. The third kappa shape index (κ3) is 4.86. The number of para-hydroxylation sites is 1. The molecule has 0 aromatic heterocycles. The summed E-state index contributed by atoms with van der Waals surface area (Å²) >= 11 is 1.69. The molecule has 0 atom stereocenters. The van der Waals surface area contributed by atoms with Crippen LogP contribution in [0.2, 0.25) is 0 Å². The van der Waals surface area contributed by atoms with Crippen molar-refractivity contribution in [2.75, 3.05) is 18.1 Å². The highest BCUT2D eigenvalue weighted by Crippen LogP contribution is 2.27. The summed E-state index contributed by atoms with van der Waals surface area (Å²) in [5.74, 6) is -0.128. The fraction of sp³-hybridized carbons (Fsp3) is 0.500. The SMILES string of the molecule is O=C(CCCOc1ccccc1F)NC1(C(=O)O)CCSCC1. The van der Waals surface area contributed by atoms with Crippen LogP contribution in [0.3, 0.4) is 0 Å². The van der Waals surface area contributed by atoms with Gasteiger partial charge in [-0.05, 0) is 42.9 Å². The van der Waals surface area contributed by atoms with Gasteiger partial charge in [-0.1, -0.05) is 12.1 Å². The Hall–Kier alpha value is -1.76. The van der Waals surface area contributed by atoms with E-state index in [2.05, 4.69) is 5.32 Å². The fourth-order valence-corrected chi connectivity index (χ4v) is 3.61. The second-order valence-corrected chi connectivity index (χ2v) is 6.65. The summed E-state index contributed by atoms with van der Waals surface area (Å²) in [5.41, 5.74) is -1.14. The lowest BCUT2D eigenvalue weighted by atomic mass is 9.92. The van der Waals surface area contributed by atoms with E-state index >= 15 is 0 Å². The van der Waals surface area contributed by atoms with Gasteiger partial charge in [-0.2, -0.15) is 11.8 Å². The van der Waals surface area contributed by atoms with Crippen molar-refractivity contribution in [1.82, 2.24) is 5.32 Å². The van der Waals surface area contributed by atoms with E-state index in [1.54, 1.807) is 23.9 Å². The molecule has 0 spiro atoms. The summed E-state index contributed by atoms with van der Waals surface area (Å²) in [5, 5.41) is 12.1. The molecule has 1 heterocycles. The van der Waals surface area contributed by atoms with Crippen LogP contribution in [0, 0.1) is 5.82 Å². The minimum atomic E-state index is -1.14. The summed E-state index contributed by atoms with van der Waals surface area (Å²) in [7, 11) is 0. The fourth-order valence-electron chi connectivity index (χ4n) is 2.42. The monoisotopic (exact) mass is 341 g/mol. The molecule has 0 radical (unpaired) electrons. The van der Waals surface area contributed by atoms with Gasteiger partial charge in [-0.15, -0.1) is 0 Å². The maximum Gasteiger partial charge on any atom is 0.329 e. The third-order valence-electron chi connectivity index (χ3n) is 3.78. The average molecular weight is 341 g/mol. The second kappa shape index (κ2) is 8.19. The summed E-state index contributed by atoms with van der Waals surface area (Å²) < 4.78 is 18.6. The van der Waals surface area contributed by atoms with Crippen molar-refractivity contribution < 1.29 is 23.8 Å². The van der Waals surface area contributed by atoms with Crippen LogP contribution in [0.1, 0.15) is 25.7 Å². The van der Waals surface area contributed by atoms with Gasteiger partial charge in [-0.3, -0.25) is 4.79 Å². The van der Waals surface area contributed by atoms with Crippen molar-refractivity contribution >= 4 is 23.6 Å². The van der Waals surface area contributed by atoms with E-state index in [9.17, 15) is 19.1 Å². The highest BCUT2D eigenvalue weighted by molar-refractivity contribution is 7.99. The molecule has 0 bridgehead atoms. The Balaban J connectivity index is 1.76. The quantitative estimate of drug-likeness (QED) is 0.745. The number of aliphatic carboxylic acids is 1. The lowest BCUT2D eigenvalue weighted by Crippen LogP contribution is -2.56. The summed E-state index contributed by atoms with van der Waals surface area (Å²) in [6.45, 7) is 0.199. The summed E-state index contributed by atoms with van der Waals surface area (Å²) in [6, 6.07) is 6.07. The van der Waals surface area contributed by atoms with E-state index in [4.69, 9.17) is 4.74 Å². The van der Waals surface area contributed by atoms with Crippen molar-refractivity contribution in [3.63, 3.8) is 0 Å². The highest BCUT2D eigenvalue weighted by Gasteiger charge is 2.40. The molecular formula is C16H20FNO4S. The summed E-state index contributed by atoms with van der Waals surface area (Å²) in [6.07, 6.45) is 1.41. The molecule has 1 aliphatic heterocycles. The number of rotatable bonds is 7. The van der Waals surface area contributed by atoms with E-state index < -0.39 is 17.3 Å². The largest absolute Gasteiger partial charge is 0.491 e. The molecule has 1 saturated heterocycles. The van der Waals surface area contributed by atoms with Crippen LogP contribution in [0.25, 0.3) is 0 Å². The minimum absolute atomic E-state index is 0.149. The van der Waals surface area contributed by atoms with Gasteiger partial charge in [-0.25, -0.2) is 9.18 Å². The number of thioether (sulfide) groups is 1. The number of carbonyl (C=O) groups excluding carboxylic acids is 1. The van der Waals surface area contributed by atoms with Crippen LogP contribution in [0.5, 0.6) is 5.75 Å². The van der Waals surface area contributed by atoms with Crippen LogP contribution >= 0.6 is 11.8 Å². The zero-order valence-corrected chi connectivity index (χ0v) is 13.5. The van der Waals surface area contributed by atoms with Gasteiger partial charge in [0.15, 0.2) is 11.6 Å². The lowest BCUT2D eigenvalue weighted by molar-refractivity contribution is -0.148. The van der Waals surface area contributed by atoms with Crippen molar-refractivity contribution in [3.8, 4) is 5.75 Å². The van der Waals surface area contributed by atoms with Crippen LogP contribution < -0.4 is 10.1 Å². The molecule has 23 heavy (non-hydrogen) atoms. The van der Waals surface area contributed by atoms with Gasteiger partial charge in [0, 0.05) is 6.42 Å².